The van der Waals surface area contributed by atoms with E-state index in [1.54, 1.807) is 0 Å². The van der Waals surface area contributed by atoms with Gasteiger partial charge in [-0.25, -0.2) is 0 Å². The molecule has 2 nitrogen and oxygen atoms in total. The van der Waals surface area contributed by atoms with Crippen LogP contribution in [0.5, 0.6) is 5.75 Å². The zero-order valence-electron chi connectivity index (χ0n) is 10.2. The lowest BCUT2D eigenvalue weighted by Crippen LogP contribution is -2.12. The molecule has 0 aliphatic carbocycles. The summed E-state index contributed by atoms with van der Waals surface area (Å²) in [6.07, 6.45) is 0.892. The summed E-state index contributed by atoms with van der Waals surface area (Å²) in [5.41, 5.74) is 1.70. The Morgan fingerprint density at radius 2 is 2.00 bits per heavy atom. The summed E-state index contributed by atoms with van der Waals surface area (Å²) >= 11 is 1.49. The van der Waals surface area contributed by atoms with Crippen molar-refractivity contribution in [1.29, 1.82) is 0 Å². The first kappa shape index (κ1) is 13.1. The maximum absolute atomic E-state index is 10.3. The van der Waals surface area contributed by atoms with Crippen molar-refractivity contribution in [1.82, 2.24) is 0 Å². The SMILES string of the molecule is Cc1cc(SCC=O)cc(C(C)(C)C)c1O. The fourth-order valence-corrected chi connectivity index (χ4v) is 2.25. The van der Waals surface area contributed by atoms with E-state index in [-0.39, 0.29) is 5.41 Å². The summed E-state index contributed by atoms with van der Waals surface area (Å²) in [6, 6.07) is 3.88. The molecule has 0 spiro atoms. The number of aromatic hydroxyl groups is 1. The van der Waals surface area contributed by atoms with Gasteiger partial charge in [0.15, 0.2) is 0 Å². The molecule has 0 bridgehead atoms. The van der Waals surface area contributed by atoms with Gasteiger partial charge in [0.1, 0.15) is 12.0 Å². The largest absolute Gasteiger partial charge is 0.507 e. The van der Waals surface area contributed by atoms with Gasteiger partial charge >= 0.3 is 0 Å². The van der Waals surface area contributed by atoms with Gasteiger partial charge in [0.25, 0.3) is 0 Å². The minimum absolute atomic E-state index is 0.0907. The van der Waals surface area contributed by atoms with Crippen LogP contribution in [0.1, 0.15) is 31.9 Å². The number of hydrogen-bond donors (Lipinski definition) is 1. The van der Waals surface area contributed by atoms with E-state index in [9.17, 15) is 9.90 Å². The average Bonchev–Trinajstić information content (AvgIpc) is 2.17. The Labute approximate surface area is 101 Å². The molecule has 1 aromatic rings. The maximum atomic E-state index is 10.3. The average molecular weight is 238 g/mol. The first-order chi connectivity index (χ1) is 7.36. The molecule has 0 unspecified atom stereocenters. The number of hydrogen-bond acceptors (Lipinski definition) is 3. The van der Waals surface area contributed by atoms with E-state index in [2.05, 4.69) is 20.8 Å². The van der Waals surface area contributed by atoms with Crippen LogP contribution in [0.3, 0.4) is 0 Å². The molecular weight excluding hydrogens is 220 g/mol. The maximum Gasteiger partial charge on any atom is 0.130 e. The van der Waals surface area contributed by atoms with E-state index < -0.39 is 0 Å². The minimum atomic E-state index is -0.0907. The molecule has 0 atom stereocenters. The van der Waals surface area contributed by atoms with Gasteiger partial charge in [0.05, 0.1) is 5.75 Å². The Morgan fingerprint density at radius 3 is 2.50 bits per heavy atom. The second-order valence-electron chi connectivity index (χ2n) is 4.86. The zero-order valence-corrected chi connectivity index (χ0v) is 11.0. The quantitative estimate of drug-likeness (QED) is 0.648. The second kappa shape index (κ2) is 4.91. The highest BCUT2D eigenvalue weighted by Crippen LogP contribution is 2.36. The van der Waals surface area contributed by atoms with Gasteiger partial charge in [0.2, 0.25) is 0 Å². The van der Waals surface area contributed by atoms with Crippen molar-refractivity contribution in [3.8, 4) is 5.75 Å². The molecule has 1 N–H and O–H groups in total. The summed E-state index contributed by atoms with van der Waals surface area (Å²) in [7, 11) is 0. The molecule has 0 amide bonds. The van der Waals surface area contributed by atoms with Crippen molar-refractivity contribution < 1.29 is 9.90 Å². The standard InChI is InChI=1S/C13H18O2S/c1-9-7-10(16-6-5-14)8-11(12(9)15)13(2,3)4/h5,7-8,15H,6H2,1-4H3. The molecule has 0 heterocycles. The first-order valence-electron chi connectivity index (χ1n) is 5.27. The van der Waals surface area contributed by atoms with Crippen molar-refractivity contribution in [2.45, 2.75) is 38.0 Å². The van der Waals surface area contributed by atoms with Crippen LogP contribution in [0, 0.1) is 6.92 Å². The summed E-state index contributed by atoms with van der Waals surface area (Å²) < 4.78 is 0. The third-order valence-corrected chi connectivity index (χ3v) is 3.27. The van der Waals surface area contributed by atoms with Crippen LogP contribution in [0.25, 0.3) is 0 Å². The van der Waals surface area contributed by atoms with E-state index in [0.29, 0.717) is 11.5 Å². The number of aldehydes is 1. The van der Waals surface area contributed by atoms with Gasteiger partial charge in [-0.15, -0.1) is 11.8 Å². The molecule has 1 aromatic carbocycles. The molecule has 0 saturated carbocycles. The molecule has 1 rings (SSSR count). The van der Waals surface area contributed by atoms with Crippen molar-refractivity contribution in [2.75, 3.05) is 5.75 Å². The van der Waals surface area contributed by atoms with Gasteiger partial charge in [0, 0.05) is 10.5 Å². The second-order valence-corrected chi connectivity index (χ2v) is 5.96. The van der Waals surface area contributed by atoms with Crippen molar-refractivity contribution in [3.05, 3.63) is 23.3 Å². The number of benzene rings is 1. The third kappa shape index (κ3) is 3.01. The van der Waals surface area contributed by atoms with E-state index in [4.69, 9.17) is 0 Å². The van der Waals surface area contributed by atoms with Crippen LogP contribution in [0.2, 0.25) is 0 Å². The van der Waals surface area contributed by atoms with Gasteiger partial charge in [-0.2, -0.15) is 0 Å². The van der Waals surface area contributed by atoms with Gasteiger partial charge in [-0.05, 0) is 30.0 Å². The van der Waals surface area contributed by atoms with Crippen LogP contribution in [0.4, 0.5) is 0 Å². The number of rotatable bonds is 3. The Bertz CT molecular complexity index is 392. The van der Waals surface area contributed by atoms with Crippen LogP contribution in [-0.2, 0) is 10.2 Å². The van der Waals surface area contributed by atoms with Crippen molar-refractivity contribution >= 4 is 18.0 Å². The number of aryl methyl sites for hydroxylation is 1. The lowest BCUT2D eigenvalue weighted by Gasteiger charge is -2.22. The Hall–Kier alpha value is -0.960. The lowest BCUT2D eigenvalue weighted by atomic mass is 9.85. The number of phenols is 1. The van der Waals surface area contributed by atoms with Gasteiger partial charge < -0.3 is 9.90 Å². The van der Waals surface area contributed by atoms with E-state index in [1.165, 1.54) is 11.8 Å². The first-order valence-corrected chi connectivity index (χ1v) is 6.25. The molecular formula is C13H18O2S. The van der Waals surface area contributed by atoms with E-state index in [1.807, 2.05) is 19.1 Å². The Balaban J connectivity index is 3.17. The van der Waals surface area contributed by atoms with Gasteiger partial charge in [-0.3, -0.25) is 0 Å². The van der Waals surface area contributed by atoms with Crippen molar-refractivity contribution in [3.63, 3.8) is 0 Å². The number of carbonyl (C=O) groups is 1. The number of thioether (sulfide) groups is 1. The summed E-state index contributed by atoms with van der Waals surface area (Å²) in [4.78, 5) is 11.4. The van der Waals surface area contributed by atoms with E-state index >= 15 is 0 Å². The molecule has 88 valence electrons. The highest BCUT2D eigenvalue weighted by Gasteiger charge is 2.20. The molecule has 0 aromatic heterocycles. The number of phenolic OH excluding ortho intramolecular Hbond substituents is 1. The highest BCUT2D eigenvalue weighted by molar-refractivity contribution is 7.99. The smallest absolute Gasteiger partial charge is 0.130 e. The summed E-state index contributed by atoms with van der Waals surface area (Å²) in [5.74, 6) is 0.816. The fraction of sp³-hybridized carbons (Fsp3) is 0.462. The van der Waals surface area contributed by atoms with Gasteiger partial charge in [-0.1, -0.05) is 20.8 Å². The topological polar surface area (TPSA) is 37.3 Å². The molecule has 0 aliphatic heterocycles. The molecule has 0 aliphatic rings. The van der Waals surface area contributed by atoms with Crippen LogP contribution in [0.15, 0.2) is 17.0 Å². The monoisotopic (exact) mass is 238 g/mol. The van der Waals surface area contributed by atoms with Crippen LogP contribution < -0.4 is 0 Å². The van der Waals surface area contributed by atoms with Crippen LogP contribution >= 0.6 is 11.8 Å². The molecule has 0 saturated heterocycles. The zero-order chi connectivity index (χ0) is 12.3. The predicted octanol–water partition coefficient (Wildman–Crippen LogP) is 3.29. The third-order valence-electron chi connectivity index (χ3n) is 2.40. The fourth-order valence-electron chi connectivity index (χ4n) is 1.53. The van der Waals surface area contributed by atoms with Crippen molar-refractivity contribution in [2.24, 2.45) is 0 Å². The normalized spacial score (nSPS) is 11.5. The molecule has 0 fully saturated rings. The summed E-state index contributed by atoms with van der Waals surface area (Å²) in [5, 5.41) is 10.0. The molecule has 0 radical (unpaired) electrons. The number of carbonyl (C=O) groups excluding carboxylic acids is 1. The lowest BCUT2D eigenvalue weighted by molar-refractivity contribution is -0.105. The Morgan fingerprint density at radius 1 is 1.38 bits per heavy atom. The van der Waals surface area contributed by atoms with Crippen LogP contribution in [-0.4, -0.2) is 17.1 Å². The van der Waals surface area contributed by atoms with E-state index in [0.717, 1.165) is 22.3 Å². The minimum Gasteiger partial charge on any atom is -0.507 e. The highest BCUT2D eigenvalue weighted by atomic mass is 32.2. The summed E-state index contributed by atoms with van der Waals surface area (Å²) in [6.45, 7) is 8.08. The molecule has 3 heteroatoms. The Kier molecular flexibility index (Phi) is 4.03. The predicted molar refractivity (Wildman–Crippen MR) is 68.3 cm³/mol. The molecule has 16 heavy (non-hydrogen) atoms.